The van der Waals surface area contributed by atoms with Crippen LogP contribution in [0.2, 0.25) is 0 Å². The number of thioether (sulfide) groups is 1. The number of amides is 1. The Morgan fingerprint density at radius 2 is 1.89 bits per heavy atom. The van der Waals surface area contributed by atoms with E-state index in [1.807, 2.05) is 68.4 Å². The lowest BCUT2D eigenvalue weighted by Crippen LogP contribution is -2.28. The van der Waals surface area contributed by atoms with Gasteiger partial charge in [-0.05, 0) is 43.7 Å². The Hall–Kier alpha value is -2.80. The molecule has 0 fully saturated rings. The predicted octanol–water partition coefficient (Wildman–Crippen LogP) is 4.10. The third kappa shape index (κ3) is 5.34. The summed E-state index contributed by atoms with van der Waals surface area (Å²) in [5.41, 5.74) is 1.87. The summed E-state index contributed by atoms with van der Waals surface area (Å²) < 4.78 is 11.0. The fourth-order valence-electron chi connectivity index (χ4n) is 2.48. The van der Waals surface area contributed by atoms with E-state index < -0.39 is 0 Å². The number of benzene rings is 2. The molecule has 0 spiro atoms. The van der Waals surface area contributed by atoms with Crippen molar-refractivity contribution in [2.45, 2.75) is 25.1 Å². The van der Waals surface area contributed by atoms with E-state index >= 15 is 0 Å². The lowest BCUT2D eigenvalue weighted by atomic mass is 10.1. The van der Waals surface area contributed by atoms with Gasteiger partial charge in [-0.15, -0.1) is 10.2 Å². The lowest BCUT2D eigenvalue weighted by molar-refractivity contribution is -0.119. The molecule has 3 rings (SSSR count). The minimum atomic E-state index is -0.0860. The van der Waals surface area contributed by atoms with Crippen LogP contribution in [0.4, 0.5) is 0 Å². The molecule has 2 aromatic carbocycles. The van der Waals surface area contributed by atoms with Gasteiger partial charge < -0.3 is 14.5 Å². The van der Waals surface area contributed by atoms with Crippen molar-refractivity contribution in [3.63, 3.8) is 0 Å². The van der Waals surface area contributed by atoms with Gasteiger partial charge in [0.1, 0.15) is 5.75 Å². The molecular weight excluding hydrogens is 362 g/mol. The van der Waals surface area contributed by atoms with Gasteiger partial charge in [0.15, 0.2) is 0 Å². The van der Waals surface area contributed by atoms with Crippen molar-refractivity contribution >= 4 is 17.7 Å². The van der Waals surface area contributed by atoms with Crippen LogP contribution in [0.5, 0.6) is 5.75 Å². The van der Waals surface area contributed by atoms with Crippen LogP contribution in [-0.4, -0.2) is 28.5 Å². The van der Waals surface area contributed by atoms with E-state index in [-0.39, 0.29) is 17.7 Å². The maximum atomic E-state index is 12.1. The lowest BCUT2D eigenvalue weighted by Gasteiger charge is -2.13. The number of nitrogens with one attached hydrogen (secondary N) is 1. The zero-order chi connectivity index (χ0) is 19.1. The highest BCUT2D eigenvalue weighted by Gasteiger charge is 2.13. The third-order valence-electron chi connectivity index (χ3n) is 3.82. The molecule has 0 aliphatic rings. The summed E-state index contributed by atoms with van der Waals surface area (Å²) in [7, 11) is 0. The van der Waals surface area contributed by atoms with Crippen LogP contribution in [0.1, 0.15) is 25.5 Å². The largest absolute Gasteiger partial charge is 0.494 e. The smallest absolute Gasteiger partial charge is 0.277 e. The van der Waals surface area contributed by atoms with E-state index in [9.17, 15) is 4.79 Å². The Morgan fingerprint density at radius 3 is 2.59 bits per heavy atom. The Bertz CT molecular complexity index is 866. The zero-order valence-corrected chi connectivity index (χ0v) is 16.0. The van der Waals surface area contributed by atoms with E-state index in [0.29, 0.717) is 17.7 Å². The SMILES string of the molecule is CCOc1ccc(-c2nnc(SCC(=O)N[C@@H](C)c3ccccc3)o2)cc1. The molecule has 140 valence electrons. The Balaban J connectivity index is 1.52. The summed E-state index contributed by atoms with van der Waals surface area (Å²) >= 11 is 1.22. The van der Waals surface area contributed by atoms with Crippen molar-refractivity contribution < 1.29 is 13.9 Å². The molecule has 27 heavy (non-hydrogen) atoms. The molecule has 1 atom stereocenters. The van der Waals surface area contributed by atoms with Crippen molar-refractivity contribution in [3.8, 4) is 17.2 Å². The summed E-state index contributed by atoms with van der Waals surface area (Å²) in [6, 6.07) is 17.2. The van der Waals surface area contributed by atoms with Crippen LogP contribution < -0.4 is 10.1 Å². The third-order valence-corrected chi connectivity index (χ3v) is 4.64. The van der Waals surface area contributed by atoms with E-state index in [1.54, 1.807) is 0 Å². The number of nitrogens with zero attached hydrogens (tertiary/aromatic N) is 2. The fraction of sp³-hybridized carbons (Fsp3) is 0.250. The minimum absolute atomic E-state index is 0.0543. The van der Waals surface area contributed by atoms with Crippen LogP contribution in [0.25, 0.3) is 11.5 Å². The second-order valence-electron chi connectivity index (χ2n) is 5.82. The van der Waals surface area contributed by atoms with Gasteiger partial charge in [0.2, 0.25) is 11.8 Å². The van der Waals surface area contributed by atoms with E-state index in [1.165, 1.54) is 11.8 Å². The van der Waals surface area contributed by atoms with Crippen LogP contribution in [0, 0.1) is 0 Å². The molecule has 0 radical (unpaired) electrons. The highest BCUT2D eigenvalue weighted by molar-refractivity contribution is 7.99. The molecular formula is C20H21N3O3S. The van der Waals surface area contributed by atoms with E-state index in [2.05, 4.69) is 15.5 Å². The van der Waals surface area contributed by atoms with Gasteiger partial charge in [-0.3, -0.25) is 4.79 Å². The highest BCUT2D eigenvalue weighted by Crippen LogP contribution is 2.25. The maximum absolute atomic E-state index is 12.1. The monoisotopic (exact) mass is 383 g/mol. The van der Waals surface area contributed by atoms with Crippen molar-refractivity contribution in [2.24, 2.45) is 0 Å². The quantitative estimate of drug-likeness (QED) is 0.590. The van der Waals surface area contributed by atoms with Gasteiger partial charge >= 0.3 is 0 Å². The summed E-state index contributed by atoms with van der Waals surface area (Å²) in [5.74, 6) is 1.33. The fourth-order valence-corrected chi connectivity index (χ4v) is 3.05. The second kappa shape index (κ2) is 9.23. The standard InChI is InChI=1S/C20H21N3O3S/c1-3-25-17-11-9-16(10-12-17)19-22-23-20(26-19)27-13-18(24)21-14(2)15-7-5-4-6-8-15/h4-12,14H,3,13H2,1-2H3,(H,21,24)/t14-/m0/s1. The van der Waals surface area contributed by atoms with Crippen molar-refractivity contribution in [3.05, 3.63) is 60.2 Å². The van der Waals surface area contributed by atoms with Gasteiger partial charge in [0, 0.05) is 5.56 Å². The first-order chi connectivity index (χ1) is 13.2. The van der Waals surface area contributed by atoms with Crippen LogP contribution in [0.3, 0.4) is 0 Å². The number of ether oxygens (including phenoxy) is 1. The number of carbonyl (C=O) groups excluding carboxylic acids is 1. The molecule has 0 aliphatic heterocycles. The van der Waals surface area contributed by atoms with E-state index in [0.717, 1.165) is 16.9 Å². The molecule has 0 bridgehead atoms. The van der Waals surface area contributed by atoms with E-state index in [4.69, 9.17) is 9.15 Å². The molecule has 1 heterocycles. The Morgan fingerprint density at radius 1 is 1.15 bits per heavy atom. The van der Waals surface area contributed by atoms with Crippen molar-refractivity contribution in [1.29, 1.82) is 0 Å². The summed E-state index contributed by atoms with van der Waals surface area (Å²) in [6.07, 6.45) is 0. The van der Waals surface area contributed by atoms with Crippen LogP contribution in [0.15, 0.2) is 64.2 Å². The summed E-state index contributed by atoms with van der Waals surface area (Å²) in [5, 5.41) is 11.4. The molecule has 0 aliphatic carbocycles. The van der Waals surface area contributed by atoms with Gasteiger partial charge in [-0.1, -0.05) is 42.1 Å². The maximum Gasteiger partial charge on any atom is 0.277 e. The van der Waals surface area contributed by atoms with Gasteiger partial charge in [-0.2, -0.15) is 0 Å². The normalized spacial score (nSPS) is 11.8. The number of hydrogen-bond donors (Lipinski definition) is 1. The van der Waals surface area contributed by atoms with Crippen LogP contribution >= 0.6 is 11.8 Å². The zero-order valence-electron chi connectivity index (χ0n) is 15.2. The minimum Gasteiger partial charge on any atom is -0.494 e. The second-order valence-corrected chi connectivity index (χ2v) is 6.75. The first-order valence-corrected chi connectivity index (χ1v) is 9.68. The van der Waals surface area contributed by atoms with Crippen molar-refractivity contribution in [2.75, 3.05) is 12.4 Å². The highest BCUT2D eigenvalue weighted by atomic mass is 32.2. The Labute approximate surface area is 162 Å². The topological polar surface area (TPSA) is 77.2 Å². The predicted molar refractivity (Wildman–Crippen MR) is 105 cm³/mol. The molecule has 0 saturated carbocycles. The first-order valence-electron chi connectivity index (χ1n) is 8.69. The van der Waals surface area contributed by atoms with Gasteiger partial charge in [0.25, 0.3) is 5.22 Å². The number of carbonyl (C=O) groups is 1. The first kappa shape index (κ1) is 19.0. The number of rotatable bonds is 8. The molecule has 1 N–H and O–H groups in total. The van der Waals surface area contributed by atoms with Crippen LogP contribution in [-0.2, 0) is 4.79 Å². The van der Waals surface area contributed by atoms with Crippen molar-refractivity contribution in [1.82, 2.24) is 15.5 Å². The summed E-state index contributed by atoms with van der Waals surface area (Å²) in [4.78, 5) is 12.1. The molecule has 1 amide bonds. The number of hydrogen-bond acceptors (Lipinski definition) is 6. The average molecular weight is 383 g/mol. The van der Waals surface area contributed by atoms with Gasteiger partial charge in [-0.25, -0.2) is 0 Å². The molecule has 7 heteroatoms. The molecule has 1 aromatic heterocycles. The summed E-state index contributed by atoms with van der Waals surface area (Å²) in [6.45, 7) is 4.51. The molecule has 0 unspecified atom stereocenters. The molecule has 0 saturated heterocycles. The number of aromatic nitrogens is 2. The molecule has 3 aromatic rings. The van der Waals surface area contributed by atoms with Gasteiger partial charge in [0.05, 0.1) is 18.4 Å². The average Bonchev–Trinajstić information content (AvgIpc) is 3.17. The Kier molecular flexibility index (Phi) is 6.49. The molecule has 6 nitrogen and oxygen atoms in total.